The summed E-state index contributed by atoms with van der Waals surface area (Å²) in [5.74, 6) is -1.24. The minimum atomic E-state index is -1.12. The van der Waals surface area contributed by atoms with Crippen LogP contribution >= 0.6 is 0 Å². The summed E-state index contributed by atoms with van der Waals surface area (Å²) >= 11 is 0. The monoisotopic (exact) mass is 253 g/mol. The fourth-order valence-electron chi connectivity index (χ4n) is 1.20. The number of anilines is 1. The standard InChI is InChI=1S/C11H15N3O4/c1-2-18-9-4-3-7(6-13-9)14-11(17)8(12)5-10(15)16/h3-4,6,8H,2,5,12H2,1H3,(H,14,17)(H,15,16). The van der Waals surface area contributed by atoms with E-state index >= 15 is 0 Å². The van der Waals surface area contributed by atoms with E-state index in [0.717, 1.165) is 0 Å². The van der Waals surface area contributed by atoms with Crippen LogP contribution in [-0.2, 0) is 9.59 Å². The van der Waals surface area contributed by atoms with Crippen molar-refractivity contribution in [1.29, 1.82) is 0 Å². The van der Waals surface area contributed by atoms with Crippen molar-refractivity contribution in [2.45, 2.75) is 19.4 Å². The number of aromatic nitrogens is 1. The van der Waals surface area contributed by atoms with Gasteiger partial charge in [-0.15, -0.1) is 0 Å². The first-order valence-corrected chi connectivity index (χ1v) is 5.40. The van der Waals surface area contributed by atoms with Gasteiger partial charge in [-0.05, 0) is 13.0 Å². The lowest BCUT2D eigenvalue weighted by Gasteiger charge is -2.10. The van der Waals surface area contributed by atoms with Gasteiger partial charge in [0.05, 0.1) is 31.0 Å². The van der Waals surface area contributed by atoms with Crippen molar-refractivity contribution >= 4 is 17.6 Å². The molecule has 1 atom stereocenters. The molecule has 98 valence electrons. The highest BCUT2D eigenvalue weighted by Crippen LogP contribution is 2.11. The van der Waals surface area contributed by atoms with Crippen molar-refractivity contribution < 1.29 is 19.4 Å². The van der Waals surface area contributed by atoms with Crippen LogP contribution in [0.4, 0.5) is 5.69 Å². The Kier molecular flexibility index (Phi) is 5.06. The fourth-order valence-corrected chi connectivity index (χ4v) is 1.20. The van der Waals surface area contributed by atoms with Crippen LogP contribution in [0, 0.1) is 0 Å². The van der Waals surface area contributed by atoms with Crippen LogP contribution in [0.5, 0.6) is 5.88 Å². The van der Waals surface area contributed by atoms with E-state index in [1.165, 1.54) is 6.20 Å². The molecule has 0 fully saturated rings. The number of hydrogen-bond acceptors (Lipinski definition) is 5. The van der Waals surface area contributed by atoms with Crippen molar-refractivity contribution in [2.75, 3.05) is 11.9 Å². The molecule has 0 aromatic carbocycles. The van der Waals surface area contributed by atoms with Gasteiger partial charge in [0.25, 0.3) is 0 Å². The number of carbonyl (C=O) groups excluding carboxylic acids is 1. The molecule has 0 bridgehead atoms. The first kappa shape index (κ1) is 13.9. The number of amides is 1. The second-order valence-corrected chi connectivity index (χ2v) is 3.51. The molecule has 1 unspecified atom stereocenters. The lowest BCUT2D eigenvalue weighted by Crippen LogP contribution is -2.37. The van der Waals surface area contributed by atoms with E-state index in [1.54, 1.807) is 12.1 Å². The lowest BCUT2D eigenvalue weighted by atomic mass is 10.2. The molecule has 0 aliphatic heterocycles. The number of ether oxygens (including phenoxy) is 1. The van der Waals surface area contributed by atoms with Crippen LogP contribution in [0.3, 0.4) is 0 Å². The molecule has 1 aromatic heterocycles. The number of rotatable bonds is 6. The summed E-state index contributed by atoms with van der Waals surface area (Å²) in [5, 5.41) is 11.0. The summed E-state index contributed by atoms with van der Waals surface area (Å²) in [4.78, 5) is 25.8. The molecular weight excluding hydrogens is 238 g/mol. The zero-order chi connectivity index (χ0) is 13.5. The predicted octanol–water partition coefficient (Wildman–Crippen LogP) is 0.221. The minimum Gasteiger partial charge on any atom is -0.481 e. The maximum Gasteiger partial charge on any atom is 0.305 e. The number of nitrogens with zero attached hydrogens (tertiary/aromatic N) is 1. The van der Waals surface area contributed by atoms with E-state index < -0.39 is 24.3 Å². The van der Waals surface area contributed by atoms with Crippen LogP contribution < -0.4 is 15.8 Å². The van der Waals surface area contributed by atoms with Crippen molar-refractivity contribution in [1.82, 2.24) is 4.98 Å². The van der Waals surface area contributed by atoms with Gasteiger partial charge in [-0.1, -0.05) is 0 Å². The van der Waals surface area contributed by atoms with Gasteiger partial charge in [-0.2, -0.15) is 0 Å². The van der Waals surface area contributed by atoms with Crippen LogP contribution in [0.1, 0.15) is 13.3 Å². The van der Waals surface area contributed by atoms with Crippen molar-refractivity contribution in [3.8, 4) is 5.88 Å². The predicted molar refractivity (Wildman–Crippen MR) is 64.3 cm³/mol. The van der Waals surface area contributed by atoms with Gasteiger partial charge in [-0.25, -0.2) is 4.98 Å². The highest BCUT2D eigenvalue weighted by molar-refractivity contribution is 5.96. The van der Waals surface area contributed by atoms with Crippen molar-refractivity contribution in [2.24, 2.45) is 5.73 Å². The molecule has 7 heteroatoms. The normalized spacial score (nSPS) is 11.7. The molecule has 0 radical (unpaired) electrons. The molecule has 1 heterocycles. The largest absolute Gasteiger partial charge is 0.481 e. The van der Waals surface area contributed by atoms with Gasteiger partial charge in [0.1, 0.15) is 0 Å². The maximum atomic E-state index is 11.5. The molecule has 0 saturated carbocycles. The van der Waals surface area contributed by atoms with E-state index in [0.29, 0.717) is 18.2 Å². The summed E-state index contributed by atoms with van der Waals surface area (Å²) < 4.78 is 5.14. The van der Waals surface area contributed by atoms with Gasteiger partial charge in [0.2, 0.25) is 11.8 Å². The van der Waals surface area contributed by atoms with Crippen LogP contribution in [-0.4, -0.2) is 34.6 Å². The number of nitrogens with two attached hydrogens (primary N) is 1. The average Bonchev–Trinajstić information content (AvgIpc) is 2.31. The number of carboxylic acids is 1. The van der Waals surface area contributed by atoms with Crippen molar-refractivity contribution in [3.63, 3.8) is 0 Å². The highest BCUT2D eigenvalue weighted by Gasteiger charge is 2.17. The highest BCUT2D eigenvalue weighted by atomic mass is 16.5. The molecule has 0 aliphatic carbocycles. The zero-order valence-electron chi connectivity index (χ0n) is 9.92. The van der Waals surface area contributed by atoms with Gasteiger partial charge in [0, 0.05) is 6.07 Å². The molecule has 4 N–H and O–H groups in total. The molecular formula is C11H15N3O4. The zero-order valence-corrected chi connectivity index (χ0v) is 9.92. The van der Waals surface area contributed by atoms with E-state index in [-0.39, 0.29) is 0 Å². The molecule has 7 nitrogen and oxygen atoms in total. The Bertz CT molecular complexity index is 419. The van der Waals surface area contributed by atoms with Gasteiger partial charge >= 0.3 is 5.97 Å². The third kappa shape index (κ3) is 4.38. The summed E-state index contributed by atoms with van der Waals surface area (Å²) in [6.07, 6.45) is 0.993. The summed E-state index contributed by atoms with van der Waals surface area (Å²) in [6.45, 7) is 2.34. The van der Waals surface area contributed by atoms with Gasteiger partial charge in [-0.3, -0.25) is 9.59 Å². The third-order valence-corrected chi connectivity index (χ3v) is 2.03. The van der Waals surface area contributed by atoms with Crippen LogP contribution in [0.25, 0.3) is 0 Å². The van der Waals surface area contributed by atoms with E-state index in [1.807, 2.05) is 6.92 Å². The van der Waals surface area contributed by atoms with Crippen molar-refractivity contribution in [3.05, 3.63) is 18.3 Å². The smallest absolute Gasteiger partial charge is 0.305 e. The third-order valence-electron chi connectivity index (χ3n) is 2.03. The van der Waals surface area contributed by atoms with E-state index in [4.69, 9.17) is 15.6 Å². The fraction of sp³-hybridized carbons (Fsp3) is 0.364. The number of nitrogens with one attached hydrogen (secondary N) is 1. The number of hydrogen-bond donors (Lipinski definition) is 3. The molecule has 1 rings (SSSR count). The number of aliphatic carboxylic acids is 1. The van der Waals surface area contributed by atoms with Crippen LogP contribution in [0.15, 0.2) is 18.3 Å². The molecule has 1 aromatic rings. The Hall–Kier alpha value is -2.15. The molecule has 0 spiro atoms. The molecule has 1 amide bonds. The first-order valence-electron chi connectivity index (χ1n) is 5.40. The Morgan fingerprint density at radius 1 is 1.56 bits per heavy atom. The minimum absolute atomic E-state index is 0.420. The van der Waals surface area contributed by atoms with Gasteiger partial charge < -0.3 is 20.9 Å². The Morgan fingerprint density at radius 2 is 2.28 bits per heavy atom. The molecule has 0 saturated heterocycles. The summed E-state index contributed by atoms with van der Waals surface area (Å²) in [7, 11) is 0. The maximum absolute atomic E-state index is 11.5. The molecule has 0 aliphatic rings. The second kappa shape index (κ2) is 6.55. The second-order valence-electron chi connectivity index (χ2n) is 3.51. The number of pyridine rings is 1. The SMILES string of the molecule is CCOc1ccc(NC(=O)C(N)CC(=O)O)cn1. The Balaban J connectivity index is 2.56. The molecule has 18 heavy (non-hydrogen) atoms. The van der Waals surface area contributed by atoms with Crippen LogP contribution in [0.2, 0.25) is 0 Å². The Morgan fingerprint density at radius 3 is 2.78 bits per heavy atom. The summed E-state index contributed by atoms with van der Waals surface area (Å²) in [5.41, 5.74) is 5.84. The topological polar surface area (TPSA) is 115 Å². The first-order chi connectivity index (χ1) is 8.52. The van der Waals surface area contributed by atoms with E-state index in [9.17, 15) is 9.59 Å². The quantitative estimate of drug-likeness (QED) is 0.668. The lowest BCUT2D eigenvalue weighted by molar-refractivity contribution is -0.138. The van der Waals surface area contributed by atoms with Gasteiger partial charge in [0.15, 0.2) is 0 Å². The number of carboxylic acid groups (broad SMARTS) is 1. The average molecular weight is 253 g/mol. The van der Waals surface area contributed by atoms with E-state index in [2.05, 4.69) is 10.3 Å². The number of carbonyl (C=O) groups is 2. The Labute approximate surface area is 104 Å². The summed E-state index contributed by atoms with van der Waals surface area (Å²) in [6, 6.07) is 2.11.